The highest BCUT2D eigenvalue weighted by molar-refractivity contribution is 6.32. The van der Waals surface area contributed by atoms with Gasteiger partial charge in [0.25, 0.3) is 5.91 Å². The molecule has 2 unspecified atom stereocenters. The highest BCUT2D eigenvalue weighted by Crippen LogP contribution is 2.25. The van der Waals surface area contributed by atoms with E-state index in [9.17, 15) is 14.7 Å². The molecule has 25 heavy (non-hydrogen) atoms. The molecule has 0 aliphatic carbocycles. The first kappa shape index (κ1) is 17.5. The third-order valence-electron chi connectivity index (χ3n) is 4.68. The van der Waals surface area contributed by atoms with Gasteiger partial charge in [0.1, 0.15) is 0 Å². The number of carbonyl (C=O) groups is 2. The highest BCUT2D eigenvalue weighted by atomic mass is 35.5. The molecular weight excluding hydrogens is 342 g/mol. The molecule has 1 fully saturated rings. The van der Waals surface area contributed by atoms with E-state index in [-0.39, 0.29) is 18.5 Å². The smallest absolute Gasteiger partial charge is 0.308 e. The number of aliphatic carboxylic acids is 1. The Labute approximate surface area is 151 Å². The number of carboxylic acids is 1. The zero-order chi connectivity index (χ0) is 18.1. The number of carbonyl (C=O) groups excluding carboxylic acids is 1. The number of benzene rings is 1. The first-order chi connectivity index (χ1) is 11.9. The summed E-state index contributed by atoms with van der Waals surface area (Å²) in [6.45, 7) is 4.01. The summed E-state index contributed by atoms with van der Waals surface area (Å²) >= 11 is 6.22. The second kappa shape index (κ2) is 6.88. The van der Waals surface area contributed by atoms with Crippen LogP contribution < -0.4 is 0 Å². The lowest BCUT2D eigenvalue weighted by Gasteiger charge is -2.36. The molecular formula is C18H20ClN3O3. The van der Waals surface area contributed by atoms with E-state index in [0.29, 0.717) is 29.2 Å². The maximum atomic E-state index is 12.9. The molecule has 0 saturated carbocycles. The Hall–Kier alpha value is -2.34. The van der Waals surface area contributed by atoms with E-state index in [0.717, 1.165) is 5.69 Å². The fourth-order valence-corrected chi connectivity index (χ4v) is 3.40. The van der Waals surface area contributed by atoms with Crippen LogP contribution >= 0.6 is 11.6 Å². The van der Waals surface area contributed by atoms with Gasteiger partial charge in [-0.05, 0) is 44.9 Å². The van der Waals surface area contributed by atoms with Gasteiger partial charge in [-0.1, -0.05) is 23.7 Å². The first-order valence-corrected chi connectivity index (χ1v) is 8.61. The van der Waals surface area contributed by atoms with Crippen molar-refractivity contribution in [1.82, 2.24) is 14.7 Å². The number of nitrogens with zero attached hydrogens (tertiary/aromatic N) is 3. The van der Waals surface area contributed by atoms with Crippen LogP contribution in [0, 0.1) is 12.8 Å². The van der Waals surface area contributed by atoms with Crippen molar-refractivity contribution in [1.29, 1.82) is 0 Å². The second-order valence-corrected chi connectivity index (χ2v) is 6.86. The molecule has 1 saturated heterocycles. The minimum Gasteiger partial charge on any atom is -0.481 e. The summed E-state index contributed by atoms with van der Waals surface area (Å²) in [6.07, 6.45) is 1.26. The predicted molar refractivity (Wildman–Crippen MR) is 94.2 cm³/mol. The van der Waals surface area contributed by atoms with E-state index in [4.69, 9.17) is 11.6 Å². The van der Waals surface area contributed by atoms with Crippen molar-refractivity contribution in [3.05, 3.63) is 46.7 Å². The van der Waals surface area contributed by atoms with E-state index >= 15 is 0 Å². The Kier molecular flexibility index (Phi) is 4.81. The van der Waals surface area contributed by atoms with Gasteiger partial charge in [0, 0.05) is 18.3 Å². The third kappa shape index (κ3) is 3.39. The van der Waals surface area contributed by atoms with Crippen LogP contribution in [-0.2, 0) is 4.79 Å². The quantitative estimate of drug-likeness (QED) is 0.911. The maximum Gasteiger partial charge on any atom is 0.308 e. The number of aryl methyl sites for hydroxylation is 1. The number of halogens is 1. The average molecular weight is 362 g/mol. The van der Waals surface area contributed by atoms with Crippen LogP contribution in [0.2, 0.25) is 5.02 Å². The molecule has 1 aromatic heterocycles. The average Bonchev–Trinajstić information content (AvgIpc) is 2.96. The summed E-state index contributed by atoms with van der Waals surface area (Å²) in [6, 6.07) is 8.99. The summed E-state index contributed by atoms with van der Waals surface area (Å²) in [5.41, 5.74) is 1.79. The fourth-order valence-electron chi connectivity index (χ4n) is 3.19. The molecule has 1 amide bonds. The van der Waals surface area contributed by atoms with Crippen molar-refractivity contribution in [2.75, 3.05) is 6.54 Å². The number of aromatic nitrogens is 2. The monoisotopic (exact) mass is 361 g/mol. The molecule has 0 spiro atoms. The van der Waals surface area contributed by atoms with Crippen LogP contribution in [0.5, 0.6) is 0 Å². The van der Waals surface area contributed by atoms with E-state index in [1.807, 2.05) is 32.0 Å². The van der Waals surface area contributed by atoms with Gasteiger partial charge in [0.2, 0.25) is 0 Å². The molecule has 1 aromatic carbocycles. The van der Waals surface area contributed by atoms with Gasteiger partial charge in [0.15, 0.2) is 5.69 Å². The van der Waals surface area contributed by atoms with Crippen molar-refractivity contribution >= 4 is 23.5 Å². The van der Waals surface area contributed by atoms with Crippen LogP contribution in [0.3, 0.4) is 0 Å². The van der Waals surface area contributed by atoms with E-state index in [1.54, 1.807) is 21.7 Å². The van der Waals surface area contributed by atoms with Crippen molar-refractivity contribution in [3.8, 4) is 5.69 Å². The highest BCUT2D eigenvalue weighted by Gasteiger charge is 2.34. The van der Waals surface area contributed by atoms with Crippen molar-refractivity contribution < 1.29 is 14.7 Å². The molecule has 0 radical (unpaired) electrons. The van der Waals surface area contributed by atoms with Gasteiger partial charge in [-0.15, -0.1) is 0 Å². The standard InChI is InChI=1S/C18H20ClN3O3/c1-11-7-8-13(18(24)25)10-21(11)17(23)15-9-12(2)22(20-15)16-6-4-3-5-14(16)19/h3-6,9,11,13H,7-8,10H2,1-2H3,(H,24,25). The van der Waals surface area contributed by atoms with Gasteiger partial charge in [-0.25, -0.2) is 4.68 Å². The summed E-state index contributed by atoms with van der Waals surface area (Å²) in [5, 5.41) is 14.2. The van der Waals surface area contributed by atoms with E-state index in [2.05, 4.69) is 5.10 Å². The molecule has 7 heteroatoms. The molecule has 1 aliphatic heterocycles. The zero-order valence-electron chi connectivity index (χ0n) is 14.1. The Bertz CT molecular complexity index is 818. The number of rotatable bonds is 3. The largest absolute Gasteiger partial charge is 0.481 e. The number of piperidine rings is 1. The Morgan fingerprint density at radius 1 is 1.28 bits per heavy atom. The maximum absolute atomic E-state index is 12.9. The van der Waals surface area contributed by atoms with Crippen molar-refractivity contribution in [2.45, 2.75) is 32.7 Å². The summed E-state index contributed by atoms with van der Waals surface area (Å²) in [4.78, 5) is 25.8. The van der Waals surface area contributed by atoms with Gasteiger partial charge >= 0.3 is 5.97 Å². The van der Waals surface area contributed by atoms with E-state index in [1.165, 1.54) is 0 Å². The van der Waals surface area contributed by atoms with Crippen molar-refractivity contribution in [3.63, 3.8) is 0 Å². The molecule has 2 atom stereocenters. The minimum atomic E-state index is -0.859. The Morgan fingerprint density at radius 2 is 2.00 bits per heavy atom. The number of carboxylic acid groups (broad SMARTS) is 1. The first-order valence-electron chi connectivity index (χ1n) is 8.24. The normalized spacial score (nSPS) is 20.5. The topological polar surface area (TPSA) is 75.4 Å². The molecule has 1 N–H and O–H groups in total. The van der Waals surface area contributed by atoms with Crippen LogP contribution in [0.15, 0.2) is 30.3 Å². The SMILES string of the molecule is Cc1cc(C(=O)N2CC(C(=O)O)CCC2C)nn1-c1ccccc1Cl. The number of amides is 1. The van der Waals surface area contributed by atoms with Gasteiger partial charge in [0.05, 0.1) is 16.6 Å². The van der Waals surface area contributed by atoms with Crippen LogP contribution in [0.4, 0.5) is 0 Å². The predicted octanol–water partition coefficient (Wildman–Crippen LogP) is 3.16. The van der Waals surface area contributed by atoms with E-state index < -0.39 is 11.9 Å². The van der Waals surface area contributed by atoms with Gasteiger partial charge in [-0.2, -0.15) is 5.10 Å². The number of likely N-dealkylation sites (tertiary alicyclic amines) is 1. The molecule has 2 aromatic rings. The van der Waals surface area contributed by atoms with Crippen LogP contribution in [-0.4, -0.2) is 44.3 Å². The number of para-hydroxylation sites is 1. The second-order valence-electron chi connectivity index (χ2n) is 6.45. The molecule has 132 valence electrons. The minimum absolute atomic E-state index is 0.00568. The van der Waals surface area contributed by atoms with Crippen molar-refractivity contribution in [2.24, 2.45) is 5.92 Å². The number of hydrogen-bond donors (Lipinski definition) is 1. The Morgan fingerprint density at radius 3 is 2.68 bits per heavy atom. The van der Waals surface area contributed by atoms with Crippen LogP contribution in [0.1, 0.15) is 35.9 Å². The van der Waals surface area contributed by atoms with Gasteiger partial charge < -0.3 is 10.0 Å². The molecule has 6 nitrogen and oxygen atoms in total. The van der Waals surface area contributed by atoms with Crippen LogP contribution in [0.25, 0.3) is 5.69 Å². The van der Waals surface area contributed by atoms with Gasteiger partial charge in [-0.3, -0.25) is 9.59 Å². The molecule has 0 bridgehead atoms. The summed E-state index contributed by atoms with van der Waals surface area (Å²) in [7, 11) is 0. The lowest BCUT2D eigenvalue weighted by Crippen LogP contribution is -2.47. The lowest BCUT2D eigenvalue weighted by atomic mass is 9.93. The third-order valence-corrected chi connectivity index (χ3v) is 5.00. The number of hydrogen-bond acceptors (Lipinski definition) is 3. The zero-order valence-corrected chi connectivity index (χ0v) is 14.9. The Balaban J connectivity index is 1.89. The molecule has 1 aliphatic rings. The summed E-state index contributed by atoms with van der Waals surface area (Å²) in [5.74, 6) is -1.62. The fraction of sp³-hybridized carbons (Fsp3) is 0.389. The lowest BCUT2D eigenvalue weighted by molar-refractivity contribution is -0.143. The summed E-state index contributed by atoms with van der Waals surface area (Å²) < 4.78 is 1.64. The molecule has 2 heterocycles. The molecule has 3 rings (SSSR count).